The van der Waals surface area contributed by atoms with Gasteiger partial charge in [0.25, 0.3) is 0 Å². The Hall–Kier alpha value is -1.11. The van der Waals surface area contributed by atoms with E-state index in [0.717, 1.165) is 24.3 Å². The van der Waals surface area contributed by atoms with Gasteiger partial charge in [-0.3, -0.25) is 4.79 Å². The van der Waals surface area contributed by atoms with E-state index < -0.39 is 14.8 Å². The average molecular weight is 497 g/mol. The zero-order chi connectivity index (χ0) is 24.4. The van der Waals surface area contributed by atoms with E-state index in [0.29, 0.717) is 31.6 Å². The van der Waals surface area contributed by atoms with Gasteiger partial charge in [0.15, 0.2) is 0 Å². The number of halogens is 1. The van der Waals surface area contributed by atoms with Crippen molar-refractivity contribution in [3.8, 4) is 0 Å². The minimum Gasteiger partial charge on any atom is -0.352 e. The molecule has 2 fully saturated rings. The van der Waals surface area contributed by atoms with E-state index in [1.807, 2.05) is 12.1 Å². The number of hydrogen-bond donors (Lipinski definition) is 2. The number of amides is 1. The second-order valence-electron chi connectivity index (χ2n) is 11.5. The summed E-state index contributed by atoms with van der Waals surface area (Å²) in [6.07, 6.45) is 7.09. The second kappa shape index (κ2) is 10.2. The lowest BCUT2D eigenvalue weighted by molar-refractivity contribution is -0.127. The molecular formula is C26H41ClN2O3S. The molecule has 1 aromatic rings. The third kappa shape index (κ3) is 6.12. The molecule has 1 aromatic carbocycles. The fourth-order valence-corrected chi connectivity index (χ4v) is 6.39. The minimum absolute atomic E-state index is 0.0237. The lowest BCUT2D eigenvalue weighted by Gasteiger charge is -2.49. The summed E-state index contributed by atoms with van der Waals surface area (Å²) >= 11 is 6.14. The summed E-state index contributed by atoms with van der Waals surface area (Å²) in [5.41, 5.74) is 1.24. The summed E-state index contributed by atoms with van der Waals surface area (Å²) in [5.74, 6) is 0.540. The van der Waals surface area contributed by atoms with E-state index in [-0.39, 0.29) is 29.3 Å². The highest BCUT2D eigenvalue weighted by molar-refractivity contribution is 7.90. The van der Waals surface area contributed by atoms with Crippen LogP contribution in [0.4, 0.5) is 0 Å². The van der Waals surface area contributed by atoms with Crippen LogP contribution in [0.5, 0.6) is 0 Å². The molecule has 33 heavy (non-hydrogen) atoms. The Morgan fingerprint density at radius 1 is 1.09 bits per heavy atom. The van der Waals surface area contributed by atoms with Gasteiger partial charge in [-0.05, 0) is 89.3 Å². The monoisotopic (exact) mass is 496 g/mol. The van der Waals surface area contributed by atoms with Crippen molar-refractivity contribution in [3.05, 3.63) is 34.9 Å². The molecule has 0 bridgehead atoms. The van der Waals surface area contributed by atoms with Crippen molar-refractivity contribution >= 4 is 27.5 Å². The molecule has 0 aromatic heterocycles. The average Bonchev–Trinajstić information content (AvgIpc) is 2.67. The highest BCUT2D eigenvalue weighted by Crippen LogP contribution is 2.48. The van der Waals surface area contributed by atoms with Crippen LogP contribution in [0, 0.1) is 11.8 Å². The van der Waals surface area contributed by atoms with Gasteiger partial charge >= 0.3 is 0 Å². The van der Waals surface area contributed by atoms with Gasteiger partial charge in [-0.15, -0.1) is 0 Å². The van der Waals surface area contributed by atoms with E-state index in [1.165, 1.54) is 12.0 Å². The van der Waals surface area contributed by atoms with Crippen molar-refractivity contribution in [1.29, 1.82) is 0 Å². The Bertz CT molecular complexity index is 910. The predicted octanol–water partition coefficient (Wildman–Crippen LogP) is 5.57. The smallest absolute Gasteiger partial charge is 0.223 e. The molecule has 0 saturated heterocycles. The van der Waals surface area contributed by atoms with Gasteiger partial charge in [0.1, 0.15) is 0 Å². The third-order valence-electron chi connectivity index (χ3n) is 7.58. The molecule has 2 aliphatic carbocycles. The van der Waals surface area contributed by atoms with Crippen LogP contribution >= 0.6 is 11.6 Å². The van der Waals surface area contributed by atoms with E-state index >= 15 is 0 Å². The molecule has 7 heteroatoms. The molecule has 2 N–H and O–H groups in total. The van der Waals surface area contributed by atoms with Gasteiger partial charge in [0.05, 0.1) is 4.75 Å². The van der Waals surface area contributed by atoms with Crippen molar-refractivity contribution in [2.45, 2.75) is 108 Å². The van der Waals surface area contributed by atoms with Crippen molar-refractivity contribution in [2.24, 2.45) is 11.8 Å². The molecule has 1 amide bonds. The Labute approximate surface area is 205 Å². The Kier molecular flexibility index (Phi) is 8.23. The Balaban J connectivity index is 1.66. The number of nitrogens with one attached hydrogen (secondary N) is 2. The standard InChI is InChI=1S/C26H41ClN2O3S/c1-18(2)17-23(26(15-6-16-26)20-9-11-21(27)12-10-20)28-24(30)19-7-13-22(14-8-19)29-33(31,32)25(3,4)5/h9-12,18-19,22-23,29H,6-8,13-17H2,1-5H3,(H,28,30)/t19-,22-,23?. The molecule has 0 aliphatic heterocycles. The van der Waals surface area contributed by atoms with E-state index in [1.54, 1.807) is 20.8 Å². The first-order valence-corrected chi connectivity index (χ1v) is 14.3. The SMILES string of the molecule is CC(C)CC(NC(=O)[C@H]1CC[C@H](NS(=O)(=O)C(C)(C)C)CC1)C1(c2ccc(Cl)cc2)CCC1. The van der Waals surface area contributed by atoms with Crippen molar-refractivity contribution in [2.75, 3.05) is 0 Å². The van der Waals surface area contributed by atoms with Crippen molar-refractivity contribution < 1.29 is 13.2 Å². The lowest BCUT2D eigenvalue weighted by atomic mass is 9.58. The van der Waals surface area contributed by atoms with Crippen molar-refractivity contribution in [1.82, 2.24) is 10.0 Å². The summed E-state index contributed by atoms with van der Waals surface area (Å²) < 4.78 is 27.0. The first-order chi connectivity index (χ1) is 15.3. The number of sulfonamides is 1. The highest BCUT2D eigenvalue weighted by Gasteiger charge is 2.46. The zero-order valence-electron chi connectivity index (χ0n) is 20.8. The molecular weight excluding hydrogens is 456 g/mol. The Morgan fingerprint density at radius 3 is 2.12 bits per heavy atom. The normalized spacial score (nSPS) is 24.2. The van der Waals surface area contributed by atoms with Crippen LogP contribution in [-0.4, -0.2) is 31.2 Å². The second-order valence-corrected chi connectivity index (χ2v) is 14.4. The molecule has 0 spiro atoms. The highest BCUT2D eigenvalue weighted by atomic mass is 35.5. The molecule has 2 saturated carbocycles. The third-order valence-corrected chi connectivity index (χ3v) is 10.1. The maximum absolute atomic E-state index is 13.3. The quantitative estimate of drug-likeness (QED) is 0.494. The summed E-state index contributed by atoms with van der Waals surface area (Å²) in [5, 5.41) is 4.18. The molecule has 2 aliphatic rings. The summed E-state index contributed by atoms with van der Waals surface area (Å²) in [7, 11) is -3.38. The number of carbonyl (C=O) groups excluding carboxylic acids is 1. The maximum Gasteiger partial charge on any atom is 0.223 e. The van der Waals surface area contributed by atoms with Crippen LogP contribution < -0.4 is 10.0 Å². The van der Waals surface area contributed by atoms with Gasteiger partial charge < -0.3 is 5.32 Å². The fraction of sp³-hybridized carbons (Fsp3) is 0.731. The van der Waals surface area contributed by atoms with Crippen LogP contribution in [0.3, 0.4) is 0 Å². The van der Waals surface area contributed by atoms with Gasteiger partial charge in [0, 0.05) is 28.4 Å². The largest absolute Gasteiger partial charge is 0.352 e. The topological polar surface area (TPSA) is 75.3 Å². The molecule has 0 heterocycles. The number of hydrogen-bond acceptors (Lipinski definition) is 3. The predicted molar refractivity (Wildman–Crippen MR) is 136 cm³/mol. The van der Waals surface area contributed by atoms with Crippen LogP contribution in [0.1, 0.15) is 91.5 Å². The maximum atomic E-state index is 13.3. The molecule has 5 nitrogen and oxygen atoms in total. The van der Waals surface area contributed by atoms with E-state index in [4.69, 9.17) is 11.6 Å². The molecule has 1 unspecified atom stereocenters. The first kappa shape index (κ1) is 26.5. The van der Waals surface area contributed by atoms with E-state index in [2.05, 4.69) is 36.0 Å². The molecule has 1 atom stereocenters. The minimum atomic E-state index is -3.38. The van der Waals surface area contributed by atoms with Gasteiger partial charge in [-0.1, -0.05) is 44.0 Å². The van der Waals surface area contributed by atoms with Crippen LogP contribution in [0.2, 0.25) is 5.02 Å². The summed E-state index contributed by atoms with van der Waals surface area (Å²) in [4.78, 5) is 13.3. The molecule has 0 radical (unpaired) electrons. The molecule has 186 valence electrons. The van der Waals surface area contributed by atoms with Crippen LogP contribution in [-0.2, 0) is 20.2 Å². The zero-order valence-corrected chi connectivity index (χ0v) is 22.4. The van der Waals surface area contributed by atoms with Crippen LogP contribution in [0.15, 0.2) is 24.3 Å². The van der Waals surface area contributed by atoms with Crippen molar-refractivity contribution in [3.63, 3.8) is 0 Å². The Morgan fingerprint density at radius 2 is 1.67 bits per heavy atom. The van der Waals surface area contributed by atoms with Crippen LogP contribution in [0.25, 0.3) is 0 Å². The molecule has 3 rings (SSSR count). The number of benzene rings is 1. The number of rotatable bonds is 8. The van der Waals surface area contributed by atoms with E-state index in [9.17, 15) is 13.2 Å². The lowest BCUT2D eigenvalue weighted by Crippen LogP contribution is -2.56. The number of carbonyl (C=O) groups is 1. The van der Waals surface area contributed by atoms with Gasteiger partial charge in [-0.25, -0.2) is 13.1 Å². The van der Waals surface area contributed by atoms with Gasteiger partial charge in [-0.2, -0.15) is 0 Å². The van der Waals surface area contributed by atoms with Gasteiger partial charge in [0.2, 0.25) is 15.9 Å². The fourth-order valence-electron chi connectivity index (χ4n) is 5.23. The summed E-state index contributed by atoms with van der Waals surface area (Å²) in [6.45, 7) is 9.54. The summed E-state index contributed by atoms with van der Waals surface area (Å²) in [6, 6.07) is 8.14. The first-order valence-electron chi connectivity index (χ1n) is 12.4.